The van der Waals surface area contributed by atoms with Crippen LogP contribution >= 0.6 is 0 Å². The second-order valence-corrected chi connectivity index (χ2v) is 19.1. The normalized spacial score (nSPS) is 13.4. The monoisotopic (exact) mass is 1040 g/mol. The van der Waals surface area contributed by atoms with Gasteiger partial charge in [0.15, 0.2) is 6.10 Å². The molecule has 0 rings (SSSR count). The van der Waals surface area contributed by atoms with E-state index in [2.05, 4.69) is 191 Å². The van der Waals surface area contributed by atoms with Gasteiger partial charge in [0.2, 0.25) is 0 Å². The summed E-state index contributed by atoms with van der Waals surface area (Å²) in [7, 11) is 0. The fourth-order valence-corrected chi connectivity index (χ4v) is 7.48. The summed E-state index contributed by atoms with van der Waals surface area (Å²) in [5, 5.41) is 0. The highest BCUT2D eigenvalue weighted by molar-refractivity contribution is 5.71. The van der Waals surface area contributed by atoms with E-state index in [0.29, 0.717) is 19.3 Å². The Morgan fingerprint density at radius 1 is 0.276 bits per heavy atom. The van der Waals surface area contributed by atoms with Gasteiger partial charge in [-0.1, -0.05) is 229 Å². The minimum absolute atomic E-state index is 0.119. The Morgan fingerprint density at radius 2 is 0.513 bits per heavy atom. The summed E-state index contributed by atoms with van der Waals surface area (Å²) < 4.78 is 16.8. The summed E-state index contributed by atoms with van der Waals surface area (Å²) in [6, 6.07) is 0. The van der Waals surface area contributed by atoms with Gasteiger partial charge in [-0.05, 0) is 154 Å². The van der Waals surface area contributed by atoms with E-state index in [1.165, 1.54) is 32.1 Å². The molecular formula is C70H108O6. The SMILES string of the molecule is CC/C=C\C/C=C\C/C=C\C/C=C\C/C=C\C/C=C\C/C=C\CCCCCC(=O)OCC(COC(=O)CCCCCCC/C=C\CCCCC)OC(=O)CCCC/C=C\C/C=C\C/C=C\C/C=C\C/C=C\C/C=C\CC. The van der Waals surface area contributed by atoms with Gasteiger partial charge >= 0.3 is 17.9 Å². The van der Waals surface area contributed by atoms with Gasteiger partial charge in [0.25, 0.3) is 0 Å². The zero-order valence-corrected chi connectivity index (χ0v) is 48.4. The predicted octanol–water partition coefficient (Wildman–Crippen LogP) is 20.7. The Kier molecular flexibility index (Phi) is 58.0. The first-order valence-electron chi connectivity index (χ1n) is 30.1. The standard InChI is InChI=1S/C70H108O6/c1-4-7-10-13-16-19-22-25-27-29-31-33-34-35-36-38-39-41-43-45-48-51-54-57-60-63-69(72)75-66-67(65-74-68(71)62-59-56-53-50-47-24-21-18-15-12-9-6-3)76-70(73)64-61-58-55-52-49-46-44-42-40-37-32-30-28-26-23-20-17-14-11-8-5-2/h7-8,10-11,16-21,25-28,31-33,35-37,39,41-42,44-45,48-49,52,67H,4-6,9,12-15,22-24,29-30,34,38,40,43,46-47,50-51,53-66H2,1-3H3/b10-7-,11-8-,19-16-,20-17-,21-18-,27-25-,28-26-,33-31-,36-35-,37-32-,41-39-,44-42-,48-45-,52-49-. The van der Waals surface area contributed by atoms with Gasteiger partial charge in [0.1, 0.15) is 13.2 Å². The van der Waals surface area contributed by atoms with Crippen LogP contribution in [0.2, 0.25) is 0 Å². The van der Waals surface area contributed by atoms with Crippen molar-refractivity contribution >= 4 is 17.9 Å². The summed E-state index contributed by atoms with van der Waals surface area (Å²) in [5.74, 6) is -1.02. The molecular weight excluding hydrogens is 937 g/mol. The van der Waals surface area contributed by atoms with Crippen LogP contribution in [0.5, 0.6) is 0 Å². The number of hydrogen-bond donors (Lipinski definition) is 0. The molecule has 0 radical (unpaired) electrons. The van der Waals surface area contributed by atoms with Gasteiger partial charge in [-0.15, -0.1) is 0 Å². The first-order valence-corrected chi connectivity index (χ1v) is 30.1. The number of rotatable bonds is 52. The van der Waals surface area contributed by atoms with Crippen molar-refractivity contribution in [3.8, 4) is 0 Å². The molecule has 0 heterocycles. The van der Waals surface area contributed by atoms with Crippen molar-refractivity contribution in [1.82, 2.24) is 0 Å². The Bertz CT molecular complexity index is 1770. The number of allylic oxidation sites excluding steroid dienone is 28. The van der Waals surface area contributed by atoms with Gasteiger partial charge in [-0.25, -0.2) is 0 Å². The highest BCUT2D eigenvalue weighted by Gasteiger charge is 2.19. The number of esters is 3. The lowest BCUT2D eigenvalue weighted by Gasteiger charge is -2.18. The Balaban J connectivity index is 4.53. The molecule has 0 saturated carbocycles. The summed E-state index contributed by atoms with van der Waals surface area (Å²) >= 11 is 0. The van der Waals surface area contributed by atoms with Crippen LogP contribution in [-0.4, -0.2) is 37.2 Å². The van der Waals surface area contributed by atoms with Crippen molar-refractivity contribution < 1.29 is 28.6 Å². The van der Waals surface area contributed by atoms with E-state index in [1.54, 1.807) is 0 Å². The van der Waals surface area contributed by atoms with Crippen molar-refractivity contribution in [3.63, 3.8) is 0 Å². The maximum absolute atomic E-state index is 12.9. The van der Waals surface area contributed by atoms with E-state index in [1.807, 2.05) is 0 Å². The van der Waals surface area contributed by atoms with E-state index in [9.17, 15) is 14.4 Å². The molecule has 1 atom stereocenters. The van der Waals surface area contributed by atoms with Crippen molar-refractivity contribution in [3.05, 3.63) is 170 Å². The number of ether oxygens (including phenoxy) is 3. The zero-order chi connectivity index (χ0) is 55.0. The molecule has 0 aromatic heterocycles. The topological polar surface area (TPSA) is 78.9 Å². The minimum Gasteiger partial charge on any atom is -0.462 e. The van der Waals surface area contributed by atoms with Crippen molar-refractivity contribution in [2.45, 2.75) is 239 Å². The molecule has 6 nitrogen and oxygen atoms in total. The molecule has 6 heteroatoms. The van der Waals surface area contributed by atoms with Crippen LogP contribution in [0.4, 0.5) is 0 Å². The van der Waals surface area contributed by atoms with Gasteiger partial charge in [-0.2, -0.15) is 0 Å². The number of carbonyl (C=O) groups excluding carboxylic acids is 3. The molecule has 76 heavy (non-hydrogen) atoms. The van der Waals surface area contributed by atoms with E-state index in [4.69, 9.17) is 14.2 Å². The lowest BCUT2D eigenvalue weighted by Crippen LogP contribution is -2.30. The highest BCUT2D eigenvalue weighted by atomic mass is 16.6. The van der Waals surface area contributed by atoms with E-state index in [-0.39, 0.29) is 37.5 Å². The fourth-order valence-electron chi connectivity index (χ4n) is 7.48. The minimum atomic E-state index is -0.829. The predicted molar refractivity (Wildman–Crippen MR) is 329 cm³/mol. The van der Waals surface area contributed by atoms with Crippen molar-refractivity contribution in [2.24, 2.45) is 0 Å². The second kappa shape index (κ2) is 62.3. The van der Waals surface area contributed by atoms with Gasteiger partial charge < -0.3 is 14.2 Å². The summed E-state index contributed by atoms with van der Waals surface area (Å²) in [6.45, 7) is 6.30. The second-order valence-electron chi connectivity index (χ2n) is 19.1. The molecule has 0 spiro atoms. The van der Waals surface area contributed by atoms with Gasteiger partial charge in [-0.3, -0.25) is 14.4 Å². The molecule has 0 N–H and O–H groups in total. The zero-order valence-electron chi connectivity index (χ0n) is 48.4. The third kappa shape index (κ3) is 59.6. The summed E-state index contributed by atoms with van der Waals surface area (Å²) in [4.78, 5) is 38.2. The van der Waals surface area contributed by atoms with Crippen molar-refractivity contribution in [1.29, 1.82) is 0 Å². The molecule has 0 bridgehead atoms. The van der Waals surface area contributed by atoms with Crippen molar-refractivity contribution in [2.75, 3.05) is 13.2 Å². The van der Waals surface area contributed by atoms with Crippen LogP contribution in [0.3, 0.4) is 0 Å². The fraction of sp³-hybridized carbons (Fsp3) is 0.557. The van der Waals surface area contributed by atoms with E-state index in [0.717, 1.165) is 154 Å². The average molecular weight is 1050 g/mol. The molecule has 0 aromatic rings. The Labute approximate surface area is 466 Å². The summed E-state index contributed by atoms with van der Waals surface area (Å²) in [5.41, 5.74) is 0. The van der Waals surface area contributed by atoms with Crippen LogP contribution < -0.4 is 0 Å². The third-order valence-electron chi connectivity index (χ3n) is 11.9. The Morgan fingerprint density at radius 3 is 0.855 bits per heavy atom. The smallest absolute Gasteiger partial charge is 0.306 e. The number of carbonyl (C=O) groups is 3. The first kappa shape index (κ1) is 70.8. The van der Waals surface area contributed by atoms with Crippen LogP contribution in [0.15, 0.2) is 170 Å². The lowest BCUT2D eigenvalue weighted by molar-refractivity contribution is -0.167. The van der Waals surface area contributed by atoms with Gasteiger partial charge in [0.05, 0.1) is 0 Å². The molecule has 0 saturated heterocycles. The largest absolute Gasteiger partial charge is 0.462 e. The molecule has 1 unspecified atom stereocenters. The Hall–Kier alpha value is -5.23. The molecule has 0 aliphatic heterocycles. The molecule has 0 aromatic carbocycles. The van der Waals surface area contributed by atoms with E-state index < -0.39 is 6.10 Å². The maximum Gasteiger partial charge on any atom is 0.306 e. The third-order valence-corrected chi connectivity index (χ3v) is 11.9. The average Bonchev–Trinajstić information content (AvgIpc) is 3.42. The quantitative estimate of drug-likeness (QED) is 0.0261. The molecule has 424 valence electrons. The lowest BCUT2D eigenvalue weighted by atomic mass is 10.1. The van der Waals surface area contributed by atoms with E-state index >= 15 is 0 Å². The number of hydrogen-bond acceptors (Lipinski definition) is 6. The van der Waals surface area contributed by atoms with Crippen LogP contribution in [0.25, 0.3) is 0 Å². The van der Waals surface area contributed by atoms with Crippen LogP contribution in [0.1, 0.15) is 233 Å². The van der Waals surface area contributed by atoms with Gasteiger partial charge in [0, 0.05) is 19.3 Å². The summed E-state index contributed by atoms with van der Waals surface area (Å²) in [6.07, 6.45) is 92.1. The van der Waals surface area contributed by atoms with Crippen LogP contribution in [0, 0.1) is 0 Å². The number of unbranched alkanes of at least 4 members (excludes halogenated alkanes) is 13. The maximum atomic E-state index is 12.9. The molecule has 0 aliphatic carbocycles. The first-order chi connectivity index (χ1) is 37.5. The molecule has 0 fully saturated rings. The van der Waals surface area contributed by atoms with Crippen LogP contribution in [-0.2, 0) is 28.6 Å². The highest BCUT2D eigenvalue weighted by Crippen LogP contribution is 2.12. The molecule has 0 aliphatic rings. The molecule has 0 amide bonds.